The zero-order valence-corrected chi connectivity index (χ0v) is 12.5. The van der Waals surface area contributed by atoms with Gasteiger partial charge in [0.2, 0.25) is 5.75 Å². The molecule has 0 aliphatic rings. The van der Waals surface area contributed by atoms with E-state index in [4.69, 9.17) is 4.74 Å². The highest BCUT2D eigenvalue weighted by Gasteiger charge is 2.25. The number of nitro benzene ring substituents is 1. The van der Waals surface area contributed by atoms with Crippen molar-refractivity contribution in [2.24, 2.45) is 0 Å². The van der Waals surface area contributed by atoms with Gasteiger partial charge in [-0.15, -0.1) is 0 Å². The molecule has 0 fully saturated rings. The molecule has 1 aromatic rings. The summed E-state index contributed by atoms with van der Waals surface area (Å²) in [6, 6.07) is 3.60. The standard InChI is InChI=1S/C14H22N2O3/c1-14(2,3)11-7-10(9-15(4)5)13(19-6)12(8-11)16(17)18/h7-8H,9H2,1-6H3. The third kappa shape index (κ3) is 3.67. The molecule has 1 rings (SSSR count). The molecule has 0 spiro atoms. The van der Waals surface area contributed by atoms with E-state index < -0.39 is 0 Å². The fraction of sp³-hybridized carbons (Fsp3) is 0.571. The molecule has 0 saturated carbocycles. The van der Waals surface area contributed by atoms with Gasteiger partial charge in [-0.1, -0.05) is 20.8 Å². The van der Waals surface area contributed by atoms with E-state index in [9.17, 15) is 10.1 Å². The van der Waals surface area contributed by atoms with Crippen LogP contribution in [0, 0.1) is 10.1 Å². The highest BCUT2D eigenvalue weighted by molar-refractivity contribution is 5.55. The highest BCUT2D eigenvalue weighted by Crippen LogP contribution is 2.36. The molecule has 0 radical (unpaired) electrons. The first-order valence-corrected chi connectivity index (χ1v) is 6.17. The first kappa shape index (κ1) is 15.4. The topological polar surface area (TPSA) is 55.6 Å². The first-order valence-electron chi connectivity index (χ1n) is 6.17. The van der Waals surface area contributed by atoms with Gasteiger partial charge in [-0.05, 0) is 31.1 Å². The van der Waals surface area contributed by atoms with Crippen molar-refractivity contribution in [1.29, 1.82) is 0 Å². The monoisotopic (exact) mass is 266 g/mol. The van der Waals surface area contributed by atoms with Gasteiger partial charge < -0.3 is 9.64 Å². The minimum Gasteiger partial charge on any atom is -0.490 e. The van der Waals surface area contributed by atoms with Crippen molar-refractivity contribution in [2.45, 2.75) is 32.7 Å². The van der Waals surface area contributed by atoms with E-state index in [1.165, 1.54) is 7.11 Å². The molecular weight excluding hydrogens is 244 g/mol. The summed E-state index contributed by atoms with van der Waals surface area (Å²) in [6.45, 7) is 6.72. The van der Waals surface area contributed by atoms with E-state index in [-0.39, 0.29) is 16.0 Å². The Morgan fingerprint density at radius 2 is 1.89 bits per heavy atom. The maximum Gasteiger partial charge on any atom is 0.311 e. The van der Waals surface area contributed by atoms with Crippen LogP contribution in [0.3, 0.4) is 0 Å². The van der Waals surface area contributed by atoms with E-state index in [1.54, 1.807) is 6.07 Å². The van der Waals surface area contributed by atoms with Gasteiger partial charge in [-0.2, -0.15) is 0 Å². The lowest BCUT2D eigenvalue weighted by Gasteiger charge is -2.22. The number of nitro groups is 1. The van der Waals surface area contributed by atoms with Crippen molar-refractivity contribution < 1.29 is 9.66 Å². The highest BCUT2D eigenvalue weighted by atomic mass is 16.6. The normalized spacial score (nSPS) is 11.7. The quantitative estimate of drug-likeness (QED) is 0.621. The predicted molar refractivity (Wildman–Crippen MR) is 75.7 cm³/mol. The summed E-state index contributed by atoms with van der Waals surface area (Å²) < 4.78 is 5.24. The lowest BCUT2D eigenvalue weighted by atomic mass is 9.85. The lowest BCUT2D eigenvalue weighted by Crippen LogP contribution is -2.16. The van der Waals surface area contributed by atoms with Gasteiger partial charge in [-0.25, -0.2) is 0 Å². The van der Waals surface area contributed by atoms with Crippen LogP contribution in [0.4, 0.5) is 5.69 Å². The number of hydrogen-bond donors (Lipinski definition) is 0. The van der Waals surface area contributed by atoms with Crippen LogP contribution in [0.5, 0.6) is 5.75 Å². The van der Waals surface area contributed by atoms with Gasteiger partial charge in [0.1, 0.15) is 0 Å². The summed E-state index contributed by atoms with van der Waals surface area (Å²) in [5.41, 5.74) is 1.67. The number of ether oxygens (including phenoxy) is 1. The van der Waals surface area contributed by atoms with E-state index >= 15 is 0 Å². The van der Waals surface area contributed by atoms with Crippen molar-refractivity contribution in [3.8, 4) is 5.75 Å². The minimum atomic E-state index is -0.382. The summed E-state index contributed by atoms with van der Waals surface area (Å²) in [6.07, 6.45) is 0. The second-order valence-electron chi connectivity index (χ2n) is 5.93. The van der Waals surface area contributed by atoms with Crippen molar-refractivity contribution >= 4 is 5.69 Å². The van der Waals surface area contributed by atoms with Gasteiger partial charge >= 0.3 is 5.69 Å². The van der Waals surface area contributed by atoms with Gasteiger partial charge in [0.15, 0.2) is 0 Å². The van der Waals surface area contributed by atoms with E-state index in [0.29, 0.717) is 12.3 Å². The lowest BCUT2D eigenvalue weighted by molar-refractivity contribution is -0.385. The zero-order valence-electron chi connectivity index (χ0n) is 12.5. The van der Waals surface area contributed by atoms with Gasteiger partial charge in [0.25, 0.3) is 0 Å². The van der Waals surface area contributed by atoms with Crippen LogP contribution in [0.2, 0.25) is 0 Å². The Kier molecular flexibility index (Phi) is 4.52. The average molecular weight is 266 g/mol. The van der Waals surface area contributed by atoms with E-state index in [0.717, 1.165) is 11.1 Å². The summed E-state index contributed by atoms with van der Waals surface area (Å²) in [5, 5.41) is 11.2. The molecule has 0 amide bonds. The first-order chi connectivity index (χ1) is 8.66. The van der Waals surface area contributed by atoms with Gasteiger partial charge in [0, 0.05) is 18.2 Å². The van der Waals surface area contributed by atoms with Crippen LogP contribution < -0.4 is 4.74 Å². The van der Waals surface area contributed by atoms with Crippen LogP contribution >= 0.6 is 0 Å². The van der Waals surface area contributed by atoms with Crippen molar-refractivity contribution in [3.63, 3.8) is 0 Å². The number of hydrogen-bond acceptors (Lipinski definition) is 4. The molecule has 0 atom stereocenters. The Balaban J connectivity index is 3.49. The molecule has 0 aliphatic heterocycles. The fourth-order valence-electron chi connectivity index (χ4n) is 1.93. The van der Waals surface area contributed by atoms with Crippen LogP contribution in [0.15, 0.2) is 12.1 Å². The summed E-state index contributed by atoms with van der Waals surface area (Å²) in [5.74, 6) is 0.353. The Bertz CT molecular complexity index is 476. The molecule has 0 aliphatic carbocycles. The molecule has 5 heteroatoms. The second kappa shape index (κ2) is 5.57. The van der Waals surface area contributed by atoms with Crippen molar-refractivity contribution in [1.82, 2.24) is 4.90 Å². The second-order valence-corrected chi connectivity index (χ2v) is 5.93. The van der Waals surface area contributed by atoms with Crippen molar-refractivity contribution in [3.05, 3.63) is 33.4 Å². The Morgan fingerprint density at radius 1 is 1.32 bits per heavy atom. The van der Waals surface area contributed by atoms with Crippen LogP contribution in [0.25, 0.3) is 0 Å². The molecular formula is C14H22N2O3. The molecule has 0 aromatic heterocycles. The molecule has 0 saturated heterocycles. The summed E-state index contributed by atoms with van der Waals surface area (Å²) in [7, 11) is 5.32. The third-order valence-corrected chi connectivity index (χ3v) is 2.90. The maximum absolute atomic E-state index is 11.2. The Morgan fingerprint density at radius 3 is 2.26 bits per heavy atom. The maximum atomic E-state index is 11.2. The largest absolute Gasteiger partial charge is 0.490 e. The molecule has 106 valence electrons. The Labute approximate surface area is 114 Å². The average Bonchev–Trinajstić information content (AvgIpc) is 2.25. The number of methoxy groups -OCH3 is 1. The SMILES string of the molecule is COc1c(CN(C)C)cc(C(C)(C)C)cc1[N+](=O)[O-]. The zero-order chi connectivity index (χ0) is 14.8. The van der Waals surface area contributed by atoms with E-state index in [1.807, 2.05) is 45.8 Å². The molecule has 0 heterocycles. The van der Waals surface area contributed by atoms with Crippen LogP contribution in [-0.4, -0.2) is 31.0 Å². The molecule has 19 heavy (non-hydrogen) atoms. The Hall–Kier alpha value is -1.62. The molecule has 5 nitrogen and oxygen atoms in total. The minimum absolute atomic E-state index is 0.0341. The van der Waals surface area contributed by atoms with Crippen LogP contribution in [0.1, 0.15) is 31.9 Å². The van der Waals surface area contributed by atoms with Crippen molar-refractivity contribution in [2.75, 3.05) is 21.2 Å². The molecule has 0 bridgehead atoms. The number of benzene rings is 1. The fourth-order valence-corrected chi connectivity index (χ4v) is 1.93. The van der Waals surface area contributed by atoms with E-state index in [2.05, 4.69) is 0 Å². The predicted octanol–water partition coefficient (Wildman–Crippen LogP) is 2.96. The molecule has 1 aromatic carbocycles. The molecule has 0 unspecified atom stereocenters. The number of rotatable bonds is 4. The molecule has 0 N–H and O–H groups in total. The third-order valence-electron chi connectivity index (χ3n) is 2.90. The smallest absolute Gasteiger partial charge is 0.311 e. The summed E-state index contributed by atoms with van der Waals surface area (Å²) >= 11 is 0. The summed E-state index contributed by atoms with van der Waals surface area (Å²) in [4.78, 5) is 12.8. The van der Waals surface area contributed by atoms with Gasteiger partial charge in [0.05, 0.1) is 12.0 Å². The van der Waals surface area contributed by atoms with Gasteiger partial charge in [-0.3, -0.25) is 10.1 Å². The number of nitrogens with zero attached hydrogens (tertiary/aromatic N) is 2. The van der Waals surface area contributed by atoms with Crippen LogP contribution in [-0.2, 0) is 12.0 Å².